The van der Waals surface area contributed by atoms with Gasteiger partial charge in [0.25, 0.3) is 0 Å². The molecule has 1 aliphatic carbocycles. The van der Waals surface area contributed by atoms with Crippen LogP contribution in [0.5, 0.6) is 0 Å². The Balaban J connectivity index is 2.22. The summed E-state index contributed by atoms with van der Waals surface area (Å²) in [7, 11) is 1.76. The first-order chi connectivity index (χ1) is 6.69. The van der Waals surface area contributed by atoms with Gasteiger partial charge in [-0.25, -0.2) is 0 Å². The fourth-order valence-electron chi connectivity index (χ4n) is 1.84. The zero-order valence-corrected chi connectivity index (χ0v) is 9.75. The largest absolute Gasteiger partial charge is 0.377 e. The molecule has 1 saturated carbocycles. The van der Waals surface area contributed by atoms with Crippen molar-refractivity contribution in [1.82, 2.24) is 5.32 Å². The lowest BCUT2D eigenvalue weighted by atomic mass is 9.85. The van der Waals surface area contributed by atoms with Crippen LogP contribution in [0.4, 0.5) is 0 Å². The van der Waals surface area contributed by atoms with E-state index in [-0.39, 0.29) is 6.10 Å². The van der Waals surface area contributed by atoms with Crippen molar-refractivity contribution in [3.8, 4) is 0 Å². The number of ether oxygens (including phenoxy) is 2. The van der Waals surface area contributed by atoms with Gasteiger partial charge in [0.05, 0.1) is 12.2 Å². The first-order valence-electron chi connectivity index (χ1n) is 5.56. The molecule has 1 rings (SSSR count). The van der Waals surface area contributed by atoms with Crippen molar-refractivity contribution in [1.29, 1.82) is 0 Å². The summed E-state index contributed by atoms with van der Waals surface area (Å²) in [6, 6.07) is 0.488. The van der Waals surface area contributed by atoms with Crippen molar-refractivity contribution in [3.63, 3.8) is 0 Å². The van der Waals surface area contributed by atoms with Gasteiger partial charge >= 0.3 is 0 Å². The van der Waals surface area contributed by atoms with Gasteiger partial charge in [-0.2, -0.15) is 0 Å². The molecule has 0 spiro atoms. The van der Waals surface area contributed by atoms with E-state index in [1.165, 1.54) is 0 Å². The van der Waals surface area contributed by atoms with Crippen molar-refractivity contribution < 1.29 is 9.47 Å². The molecular weight excluding hydrogens is 178 g/mol. The van der Waals surface area contributed by atoms with Crippen molar-refractivity contribution in [2.75, 3.05) is 20.3 Å². The number of likely N-dealkylation sites (N-methyl/N-ethyl adjacent to an activating group) is 1. The second-order valence-corrected chi connectivity index (χ2v) is 4.37. The van der Waals surface area contributed by atoms with E-state index >= 15 is 0 Å². The summed E-state index contributed by atoms with van der Waals surface area (Å²) >= 11 is 0. The lowest BCUT2D eigenvalue weighted by Crippen LogP contribution is -2.59. The summed E-state index contributed by atoms with van der Waals surface area (Å²) in [6.07, 6.45) is 1.62. The van der Waals surface area contributed by atoms with Crippen LogP contribution in [0, 0.1) is 5.92 Å². The third-order valence-electron chi connectivity index (χ3n) is 2.63. The Labute approximate surface area is 87.2 Å². The number of hydrogen-bond donors (Lipinski definition) is 1. The predicted octanol–water partition coefficient (Wildman–Crippen LogP) is 1.42. The van der Waals surface area contributed by atoms with E-state index < -0.39 is 0 Å². The number of methoxy groups -OCH3 is 1. The molecule has 3 nitrogen and oxygen atoms in total. The summed E-state index contributed by atoms with van der Waals surface area (Å²) in [5.74, 6) is 0.602. The fraction of sp³-hybridized carbons (Fsp3) is 1.00. The van der Waals surface area contributed by atoms with Crippen LogP contribution in [-0.2, 0) is 9.47 Å². The maximum absolute atomic E-state index is 5.75. The Bertz CT molecular complexity index is 161. The molecular formula is C11H23NO2. The van der Waals surface area contributed by atoms with E-state index in [9.17, 15) is 0 Å². The van der Waals surface area contributed by atoms with E-state index in [2.05, 4.69) is 26.1 Å². The predicted molar refractivity (Wildman–Crippen MR) is 57.5 cm³/mol. The lowest BCUT2D eigenvalue weighted by Gasteiger charge is -2.43. The van der Waals surface area contributed by atoms with Crippen LogP contribution in [0.3, 0.4) is 0 Å². The highest BCUT2D eigenvalue weighted by Gasteiger charge is 2.41. The Hall–Kier alpha value is -0.120. The molecule has 1 aliphatic rings. The Morgan fingerprint density at radius 2 is 2.14 bits per heavy atom. The van der Waals surface area contributed by atoms with Crippen molar-refractivity contribution >= 4 is 0 Å². The minimum atomic E-state index is 0.244. The maximum Gasteiger partial charge on any atom is 0.0986 e. The molecule has 0 bridgehead atoms. The molecule has 0 aromatic heterocycles. The summed E-state index contributed by atoms with van der Waals surface area (Å²) in [6.45, 7) is 8.30. The van der Waals surface area contributed by atoms with Crippen LogP contribution in [0.25, 0.3) is 0 Å². The van der Waals surface area contributed by atoms with Gasteiger partial charge in [-0.1, -0.05) is 20.8 Å². The van der Waals surface area contributed by atoms with Gasteiger partial charge in [0.15, 0.2) is 0 Å². The molecule has 84 valence electrons. The quantitative estimate of drug-likeness (QED) is 0.705. The lowest BCUT2D eigenvalue weighted by molar-refractivity contribution is -0.138. The Morgan fingerprint density at radius 1 is 1.43 bits per heavy atom. The first kappa shape index (κ1) is 12.0. The normalized spacial score (nSPS) is 31.9. The molecule has 0 aromatic rings. The van der Waals surface area contributed by atoms with Crippen molar-refractivity contribution in [3.05, 3.63) is 0 Å². The average molecular weight is 201 g/mol. The van der Waals surface area contributed by atoms with Gasteiger partial charge in [0, 0.05) is 19.8 Å². The number of rotatable bonds is 6. The molecule has 0 aliphatic heterocycles. The molecule has 3 unspecified atom stereocenters. The monoisotopic (exact) mass is 201 g/mol. The minimum absolute atomic E-state index is 0.244. The zero-order valence-electron chi connectivity index (χ0n) is 9.75. The SMILES string of the molecule is CCNC1CC(OCC(C)C)C1OC. The fourth-order valence-corrected chi connectivity index (χ4v) is 1.84. The topological polar surface area (TPSA) is 30.5 Å². The second-order valence-electron chi connectivity index (χ2n) is 4.37. The van der Waals surface area contributed by atoms with Crippen LogP contribution < -0.4 is 5.32 Å². The minimum Gasteiger partial charge on any atom is -0.377 e. The van der Waals surface area contributed by atoms with Crippen molar-refractivity contribution in [2.45, 2.75) is 45.4 Å². The summed E-state index contributed by atoms with van der Waals surface area (Å²) < 4.78 is 11.2. The highest BCUT2D eigenvalue weighted by molar-refractivity contribution is 4.96. The van der Waals surface area contributed by atoms with E-state index in [0.29, 0.717) is 18.1 Å². The Morgan fingerprint density at radius 3 is 2.64 bits per heavy atom. The van der Waals surface area contributed by atoms with Gasteiger partial charge in [0.1, 0.15) is 0 Å². The molecule has 0 aromatic carbocycles. The number of nitrogens with one attached hydrogen (secondary N) is 1. The molecule has 0 saturated heterocycles. The average Bonchev–Trinajstić information content (AvgIpc) is 2.10. The van der Waals surface area contributed by atoms with Gasteiger partial charge < -0.3 is 14.8 Å². The molecule has 0 radical (unpaired) electrons. The molecule has 0 heterocycles. The van der Waals surface area contributed by atoms with Gasteiger partial charge in [-0.15, -0.1) is 0 Å². The third-order valence-corrected chi connectivity index (χ3v) is 2.63. The molecule has 0 amide bonds. The van der Waals surface area contributed by atoms with Crippen molar-refractivity contribution in [2.24, 2.45) is 5.92 Å². The molecule has 1 fully saturated rings. The van der Waals surface area contributed by atoms with Gasteiger partial charge in [-0.3, -0.25) is 0 Å². The smallest absolute Gasteiger partial charge is 0.0986 e. The van der Waals surface area contributed by atoms with Crippen LogP contribution in [-0.4, -0.2) is 38.5 Å². The highest BCUT2D eigenvalue weighted by Crippen LogP contribution is 2.27. The molecule has 3 atom stereocenters. The van der Waals surface area contributed by atoms with Crippen LogP contribution in [0.1, 0.15) is 27.2 Å². The van der Waals surface area contributed by atoms with Gasteiger partial charge in [0.2, 0.25) is 0 Å². The van der Waals surface area contributed by atoms with E-state index in [4.69, 9.17) is 9.47 Å². The highest BCUT2D eigenvalue weighted by atomic mass is 16.5. The summed E-state index contributed by atoms with van der Waals surface area (Å²) in [5.41, 5.74) is 0. The molecule has 3 heteroatoms. The zero-order chi connectivity index (χ0) is 10.6. The Kier molecular flexibility index (Phi) is 4.85. The van der Waals surface area contributed by atoms with E-state index in [1.54, 1.807) is 7.11 Å². The van der Waals surface area contributed by atoms with Crippen LogP contribution in [0.2, 0.25) is 0 Å². The molecule has 1 N–H and O–H groups in total. The summed E-state index contributed by atoms with van der Waals surface area (Å²) in [4.78, 5) is 0. The third kappa shape index (κ3) is 2.94. The molecule has 14 heavy (non-hydrogen) atoms. The standard InChI is InChI=1S/C11H23NO2/c1-5-12-9-6-10(11(9)13-4)14-7-8(2)3/h8-12H,5-7H2,1-4H3. The summed E-state index contributed by atoms with van der Waals surface area (Å²) in [5, 5.41) is 3.40. The van der Waals surface area contributed by atoms with Crippen LogP contribution in [0.15, 0.2) is 0 Å². The second kappa shape index (κ2) is 5.69. The van der Waals surface area contributed by atoms with Gasteiger partial charge in [-0.05, 0) is 18.9 Å². The van der Waals surface area contributed by atoms with Crippen LogP contribution >= 0.6 is 0 Å². The van der Waals surface area contributed by atoms with E-state index in [0.717, 1.165) is 19.6 Å². The van der Waals surface area contributed by atoms with E-state index in [1.807, 2.05) is 0 Å². The first-order valence-corrected chi connectivity index (χ1v) is 5.56. The maximum atomic E-state index is 5.75. The number of hydrogen-bond acceptors (Lipinski definition) is 3.